The van der Waals surface area contributed by atoms with E-state index in [-0.39, 0.29) is 22.8 Å². The highest BCUT2D eigenvalue weighted by atomic mass is 35.5. The smallest absolute Gasteiger partial charge is 0.198 e. The number of hydrogen-bond donors (Lipinski definition) is 2. The second kappa shape index (κ2) is 4.70. The van der Waals surface area contributed by atoms with Crippen LogP contribution in [0.25, 0.3) is 0 Å². The summed E-state index contributed by atoms with van der Waals surface area (Å²) >= 11 is 5.97. The van der Waals surface area contributed by atoms with Gasteiger partial charge < -0.3 is 10.2 Å². The fraction of sp³-hybridized carbons (Fsp3) is 0.0714. The lowest BCUT2D eigenvalue weighted by atomic mass is 10.0. The van der Waals surface area contributed by atoms with Crippen molar-refractivity contribution in [1.29, 1.82) is 0 Å². The Morgan fingerprint density at radius 3 is 2.44 bits per heavy atom. The maximum absolute atomic E-state index is 12.2. The van der Waals surface area contributed by atoms with Crippen molar-refractivity contribution in [3.05, 3.63) is 58.1 Å². The van der Waals surface area contributed by atoms with E-state index in [0.717, 1.165) is 11.6 Å². The third-order valence-corrected chi connectivity index (χ3v) is 2.92. The lowest BCUT2D eigenvalue weighted by Gasteiger charge is -2.07. The predicted molar refractivity (Wildman–Crippen MR) is 69.4 cm³/mol. The van der Waals surface area contributed by atoms with Gasteiger partial charge in [-0.15, -0.1) is 0 Å². The van der Waals surface area contributed by atoms with Crippen LogP contribution in [0.1, 0.15) is 21.5 Å². The van der Waals surface area contributed by atoms with Crippen LogP contribution in [-0.2, 0) is 0 Å². The summed E-state index contributed by atoms with van der Waals surface area (Å²) in [6.07, 6.45) is 0. The van der Waals surface area contributed by atoms with Gasteiger partial charge >= 0.3 is 0 Å². The van der Waals surface area contributed by atoms with Gasteiger partial charge in [-0.1, -0.05) is 23.2 Å². The monoisotopic (exact) mass is 262 g/mol. The summed E-state index contributed by atoms with van der Waals surface area (Å²) < 4.78 is 0. The molecule has 2 aromatic carbocycles. The van der Waals surface area contributed by atoms with Gasteiger partial charge in [0.2, 0.25) is 0 Å². The molecule has 0 amide bonds. The average Bonchev–Trinajstić information content (AvgIpc) is 2.31. The minimum absolute atomic E-state index is 0.0978. The van der Waals surface area contributed by atoms with Crippen molar-refractivity contribution in [2.45, 2.75) is 6.92 Å². The fourth-order valence-corrected chi connectivity index (χ4v) is 1.87. The van der Waals surface area contributed by atoms with Crippen LogP contribution in [0.5, 0.6) is 11.5 Å². The van der Waals surface area contributed by atoms with Crippen molar-refractivity contribution in [3.8, 4) is 11.5 Å². The standard InChI is InChI=1S/C14H11ClO3/c1-8-2-5-12(15)11(6-8)14(18)10-4-3-9(16)7-13(10)17/h2-7,16-17H,1H3. The van der Waals surface area contributed by atoms with Crippen LogP contribution in [-0.4, -0.2) is 16.0 Å². The Morgan fingerprint density at radius 2 is 1.78 bits per heavy atom. The summed E-state index contributed by atoms with van der Waals surface area (Å²) in [5.41, 5.74) is 1.35. The van der Waals surface area contributed by atoms with Crippen LogP contribution in [0.15, 0.2) is 36.4 Å². The normalized spacial score (nSPS) is 10.3. The van der Waals surface area contributed by atoms with E-state index in [0.29, 0.717) is 10.6 Å². The van der Waals surface area contributed by atoms with Crippen LogP contribution in [0.4, 0.5) is 0 Å². The highest BCUT2D eigenvalue weighted by molar-refractivity contribution is 6.35. The van der Waals surface area contributed by atoms with Crippen molar-refractivity contribution >= 4 is 17.4 Å². The molecule has 2 aromatic rings. The zero-order valence-corrected chi connectivity index (χ0v) is 10.4. The Bertz CT molecular complexity index is 620. The van der Waals surface area contributed by atoms with Crippen molar-refractivity contribution in [1.82, 2.24) is 0 Å². The van der Waals surface area contributed by atoms with Crippen LogP contribution < -0.4 is 0 Å². The number of phenols is 2. The van der Waals surface area contributed by atoms with Crippen LogP contribution in [0.2, 0.25) is 5.02 Å². The third-order valence-electron chi connectivity index (χ3n) is 2.59. The highest BCUT2D eigenvalue weighted by Crippen LogP contribution is 2.27. The van der Waals surface area contributed by atoms with E-state index in [9.17, 15) is 15.0 Å². The third kappa shape index (κ3) is 2.31. The van der Waals surface area contributed by atoms with Gasteiger partial charge in [0.1, 0.15) is 11.5 Å². The van der Waals surface area contributed by atoms with Gasteiger partial charge in [-0.05, 0) is 31.2 Å². The summed E-state index contributed by atoms with van der Waals surface area (Å²) in [6, 6.07) is 8.94. The molecule has 0 fully saturated rings. The first-order valence-electron chi connectivity index (χ1n) is 5.32. The second-order valence-electron chi connectivity index (χ2n) is 4.01. The van der Waals surface area contributed by atoms with E-state index in [1.807, 2.05) is 6.92 Å². The molecule has 0 saturated carbocycles. The summed E-state index contributed by atoms with van der Waals surface area (Å²) in [7, 11) is 0. The average molecular weight is 263 g/mol. The van der Waals surface area contributed by atoms with E-state index in [2.05, 4.69) is 0 Å². The minimum Gasteiger partial charge on any atom is -0.508 e. The Labute approximate surface area is 109 Å². The van der Waals surface area contributed by atoms with E-state index in [1.165, 1.54) is 12.1 Å². The molecular weight excluding hydrogens is 252 g/mol. The lowest BCUT2D eigenvalue weighted by Crippen LogP contribution is -2.03. The zero-order chi connectivity index (χ0) is 13.3. The van der Waals surface area contributed by atoms with Gasteiger partial charge in [0.25, 0.3) is 0 Å². The Hall–Kier alpha value is -2.00. The number of halogens is 1. The molecule has 0 unspecified atom stereocenters. The Balaban J connectivity index is 2.51. The maximum atomic E-state index is 12.2. The second-order valence-corrected chi connectivity index (χ2v) is 4.42. The predicted octanol–water partition coefficient (Wildman–Crippen LogP) is 3.29. The molecule has 3 nitrogen and oxygen atoms in total. The molecule has 0 aromatic heterocycles. The maximum Gasteiger partial charge on any atom is 0.198 e. The molecular formula is C14H11ClO3. The number of hydrogen-bond acceptors (Lipinski definition) is 3. The largest absolute Gasteiger partial charge is 0.508 e. The van der Waals surface area contributed by atoms with Crippen molar-refractivity contribution in [2.24, 2.45) is 0 Å². The summed E-state index contributed by atoms with van der Waals surface area (Å²) in [5.74, 6) is -0.738. The van der Waals surface area contributed by atoms with Crippen LogP contribution in [0.3, 0.4) is 0 Å². The first-order valence-corrected chi connectivity index (χ1v) is 5.69. The summed E-state index contributed by atoms with van der Waals surface area (Å²) in [5, 5.41) is 19.2. The van der Waals surface area contributed by atoms with Gasteiger partial charge in [-0.3, -0.25) is 4.79 Å². The van der Waals surface area contributed by atoms with Crippen molar-refractivity contribution in [2.75, 3.05) is 0 Å². The first-order chi connectivity index (χ1) is 8.49. The number of carbonyl (C=O) groups is 1. The molecule has 0 bridgehead atoms. The van der Waals surface area contributed by atoms with E-state index >= 15 is 0 Å². The van der Waals surface area contributed by atoms with E-state index in [4.69, 9.17) is 11.6 Å². The van der Waals surface area contributed by atoms with Crippen LogP contribution in [0, 0.1) is 6.92 Å². The minimum atomic E-state index is -0.374. The fourth-order valence-electron chi connectivity index (χ4n) is 1.67. The molecule has 92 valence electrons. The van der Waals surface area contributed by atoms with Crippen molar-refractivity contribution in [3.63, 3.8) is 0 Å². The number of carbonyl (C=O) groups excluding carboxylic acids is 1. The molecule has 2 rings (SSSR count). The SMILES string of the molecule is Cc1ccc(Cl)c(C(=O)c2ccc(O)cc2O)c1. The molecule has 0 radical (unpaired) electrons. The Morgan fingerprint density at radius 1 is 1.06 bits per heavy atom. The molecule has 0 saturated heterocycles. The number of aryl methyl sites for hydroxylation is 1. The molecule has 0 atom stereocenters. The topological polar surface area (TPSA) is 57.5 Å². The highest BCUT2D eigenvalue weighted by Gasteiger charge is 2.16. The molecule has 0 aliphatic carbocycles. The van der Waals surface area contributed by atoms with Crippen molar-refractivity contribution < 1.29 is 15.0 Å². The number of ketones is 1. The molecule has 0 aliphatic heterocycles. The van der Waals surface area contributed by atoms with E-state index < -0.39 is 0 Å². The number of rotatable bonds is 2. The molecule has 0 spiro atoms. The number of benzene rings is 2. The summed E-state index contributed by atoms with van der Waals surface area (Å²) in [4.78, 5) is 12.2. The quantitative estimate of drug-likeness (QED) is 0.817. The number of phenolic OH excluding ortho intramolecular Hbond substituents is 2. The molecule has 18 heavy (non-hydrogen) atoms. The zero-order valence-electron chi connectivity index (χ0n) is 9.64. The molecule has 2 N–H and O–H groups in total. The number of aromatic hydroxyl groups is 2. The van der Waals surface area contributed by atoms with Gasteiger partial charge in [0.15, 0.2) is 5.78 Å². The van der Waals surface area contributed by atoms with Gasteiger partial charge in [-0.2, -0.15) is 0 Å². The first kappa shape index (κ1) is 12.5. The van der Waals surface area contributed by atoms with Gasteiger partial charge in [0.05, 0.1) is 10.6 Å². The molecule has 0 aliphatic rings. The molecule has 0 heterocycles. The van der Waals surface area contributed by atoms with E-state index in [1.54, 1.807) is 18.2 Å². The van der Waals surface area contributed by atoms with Crippen LogP contribution >= 0.6 is 11.6 Å². The Kier molecular flexibility index (Phi) is 3.26. The van der Waals surface area contributed by atoms with Gasteiger partial charge in [0, 0.05) is 11.6 Å². The van der Waals surface area contributed by atoms with Gasteiger partial charge in [-0.25, -0.2) is 0 Å². The molecule has 4 heteroatoms. The lowest BCUT2D eigenvalue weighted by molar-refractivity contribution is 0.103. The summed E-state index contributed by atoms with van der Waals surface area (Å²) in [6.45, 7) is 1.85.